The van der Waals surface area contributed by atoms with Gasteiger partial charge < -0.3 is 10.6 Å². The van der Waals surface area contributed by atoms with E-state index in [0.717, 1.165) is 25.0 Å². The third-order valence-electron chi connectivity index (χ3n) is 4.87. The Morgan fingerprint density at radius 2 is 2.05 bits per heavy atom. The Bertz CT molecular complexity index is 573. The largest absolute Gasteiger partial charge is 0.416 e. The first-order valence-electron chi connectivity index (χ1n) is 7.54. The predicted octanol–water partition coefficient (Wildman–Crippen LogP) is 2.44. The minimum Gasteiger partial charge on any atom is -0.342 e. The summed E-state index contributed by atoms with van der Waals surface area (Å²) in [5.41, 5.74) is 5.73. The maximum absolute atomic E-state index is 12.7. The van der Waals surface area contributed by atoms with E-state index in [2.05, 4.69) is 0 Å². The SMILES string of the molecule is NC1CCC2CN(C(=O)Cc3cccc(C(F)(F)F)c3)CC12. The van der Waals surface area contributed by atoms with Gasteiger partial charge in [-0.05, 0) is 36.3 Å². The van der Waals surface area contributed by atoms with Gasteiger partial charge in [-0.15, -0.1) is 0 Å². The molecule has 0 spiro atoms. The number of nitrogens with two attached hydrogens (primary N) is 1. The molecular weight excluding hydrogens is 293 g/mol. The highest BCUT2D eigenvalue weighted by Gasteiger charge is 2.42. The average Bonchev–Trinajstić information content (AvgIpc) is 3.01. The van der Waals surface area contributed by atoms with Crippen molar-refractivity contribution in [2.75, 3.05) is 13.1 Å². The van der Waals surface area contributed by atoms with Crippen molar-refractivity contribution in [1.82, 2.24) is 4.90 Å². The lowest BCUT2D eigenvalue weighted by Gasteiger charge is -2.19. The van der Waals surface area contributed by atoms with Crippen LogP contribution in [-0.4, -0.2) is 29.9 Å². The Morgan fingerprint density at radius 1 is 1.27 bits per heavy atom. The van der Waals surface area contributed by atoms with Crippen LogP contribution in [0, 0.1) is 11.8 Å². The number of alkyl halides is 3. The highest BCUT2D eigenvalue weighted by atomic mass is 19.4. The third-order valence-corrected chi connectivity index (χ3v) is 4.87. The van der Waals surface area contributed by atoms with Crippen LogP contribution in [0.1, 0.15) is 24.0 Å². The van der Waals surface area contributed by atoms with Crippen molar-refractivity contribution in [3.63, 3.8) is 0 Å². The van der Waals surface area contributed by atoms with E-state index in [0.29, 0.717) is 30.5 Å². The fourth-order valence-electron chi connectivity index (χ4n) is 3.66. The van der Waals surface area contributed by atoms with Gasteiger partial charge in [-0.1, -0.05) is 18.2 Å². The van der Waals surface area contributed by atoms with Crippen LogP contribution in [0.5, 0.6) is 0 Å². The Labute approximate surface area is 127 Å². The van der Waals surface area contributed by atoms with Gasteiger partial charge in [0.2, 0.25) is 5.91 Å². The lowest BCUT2D eigenvalue weighted by molar-refractivity contribution is -0.138. The molecule has 1 saturated heterocycles. The molecule has 22 heavy (non-hydrogen) atoms. The zero-order valence-electron chi connectivity index (χ0n) is 12.1. The first kappa shape index (κ1) is 15.3. The van der Waals surface area contributed by atoms with Crippen molar-refractivity contribution in [2.45, 2.75) is 31.5 Å². The van der Waals surface area contributed by atoms with E-state index in [1.807, 2.05) is 0 Å². The van der Waals surface area contributed by atoms with Crippen LogP contribution in [0.2, 0.25) is 0 Å². The van der Waals surface area contributed by atoms with Gasteiger partial charge in [0.1, 0.15) is 0 Å². The Hall–Kier alpha value is -1.56. The maximum Gasteiger partial charge on any atom is 0.416 e. The van der Waals surface area contributed by atoms with E-state index in [4.69, 9.17) is 5.73 Å². The average molecular weight is 312 g/mol. The molecule has 1 saturated carbocycles. The molecular formula is C16H19F3N2O. The minimum atomic E-state index is -4.38. The summed E-state index contributed by atoms with van der Waals surface area (Å²) >= 11 is 0. The standard InChI is InChI=1S/C16H19F3N2O/c17-16(18,19)12-3-1-2-10(6-12)7-15(22)21-8-11-4-5-14(20)13(11)9-21/h1-3,6,11,13-14H,4-5,7-9,20H2. The lowest BCUT2D eigenvalue weighted by Crippen LogP contribution is -2.34. The summed E-state index contributed by atoms with van der Waals surface area (Å²) in [6, 6.07) is 5.14. The molecule has 1 aromatic rings. The fraction of sp³-hybridized carbons (Fsp3) is 0.562. The predicted molar refractivity (Wildman–Crippen MR) is 75.9 cm³/mol. The number of hydrogen-bond acceptors (Lipinski definition) is 2. The van der Waals surface area contributed by atoms with Gasteiger partial charge in [0.15, 0.2) is 0 Å². The van der Waals surface area contributed by atoms with Gasteiger partial charge in [-0.25, -0.2) is 0 Å². The first-order valence-corrected chi connectivity index (χ1v) is 7.54. The molecule has 0 bridgehead atoms. The fourth-order valence-corrected chi connectivity index (χ4v) is 3.66. The minimum absolute atomic E-state index is 0.0125. The normalized spacial score (nSPS) is 28.0. The van der Waals surface area contributed by atoms with E-state index >= 15 is 0 Å². The summed E-state index contributed by atoms with van der Waals surface area (Å²) < 4.78 is 38.1. The molecule has 120 valence electrons. The van der Waals surface area contributed by atoms with Crippen LogP contribution in [0.4, 0.5) is 13.2 Å². The molecule has 3 nitrogen and oxygen atoms in total. The number of rotatable bonds is 2. The smallest absolute Gasteiger partial charge is 0.342 e. The molecule has 1 amide bonds. The van der Waals surface area contributed by atoms with E-state index in [9.17, 15) is 18.0 Å². The summed E-state index contributed by atoms with van der Waals surface area (Å²) in [5, 5.41) is 0. The number of benzene rings is 1. The second-order valence-corrected chi connectivity index (χ2v) is 6.34. The Balaban J connectivity index is 1.66. The second kappa shape index (κ2) is 5.57. The molecule has 3 atom stereocenters. The van der Waals surface area contributed by atoms with E-state index < -0.39 is 11.7 Å². The van der Waals surface area contributed by atoms with Crippen LogP contribution in [0.15, 0.2) is 24.3 Å². The van der Waals surface area contributed by atoms with Gasteiger partial charge in [-0.2, -0.15) is 13.2 Å². The lowest BCUT2D eigenvalue weighted by atomic mass is 9.98. The molecule has 2 N–H and O–H groups in total. The molecule has 3 unspecified atom stereocenters. The quantitative estimate of drug-likeness (QED) is 0.912. The number of halogens is 3. The summed E-state index contributed by atoms with van der Waals surface area (Å²) in [7, 11) is 0. The van der Waals surface area contributed by atoms with Gasteiger partial charge >= 0.3 is 6.18 Å². The molecule has 2 aliphatic rings. The summed E-state index contributed by atoms with van der Waals surface area (Å²) in [6.45, 7) is 1.33. The number of hydrogen-bond donors (Lipinski definition) is 1. The number of carbonyl (C=O) groups is 1. The zero-order valence-corrected chi connectivity index (χ0v) is 12.1. The molecule has 1 aliphatic carbocycles. The van der Waals surface area contributed by atoms with E-state index in [1.54, 1.807) is 11.0 Å². The molecule has 0 radical (unpaired) electrons. The molecule has 1 aliphatic heterocycles. The number of nitrogens with zero attached hydrogens (tertiary/aromatic N) is 1. The van der Waals surface area contributed by atoms with Crippen molar-refractivity contribution in [1.29, 1.82) is 0 Å². The van der Waals surface area contributed by atoms with E-state index in [-0.39, 0.29) is 18.4 Å². The van der Waals surface area contributed by atoms with Crippen LogP contribution in [-0.2, 0) is 17.4 Å². The molecule has 0 aromatic heterocycles. The summed E-state index contributed by atoms with van der Waals surface area (Å²) in [4.78, 5) is 14.1. The highest BCUT2D eigenvalue weighted by molar-refractivity contribution is 5.79. The maximum atomic E-state index is 12.7. The van der Waals surface area contributed by atoms with Crippen molar-refractivity contribution in [3.8, 4) is 0 Å². The Morgan fingerprint density at radius 3 is 2.73 bits per heavy atom. The number of amides is 1. The summed E-state index contributed by atoms with van der Waals surface area (Å²) in [5.74, 6) is 0.701. The highest BCUT2D eigenvalue weighted by Crippen LogP contribution is 2.37. The first-order chi connectivity index (χ1) is 10.3. The van der Waals surface area contributed by atoms with Crippen LogP contribution in [0.3, 0.4) is 0 Å². The molecule has 1 aromatic carbocycles. The Kier molecular flexibility index (Phi) is 3.89. The van der Waals surface area contributed by atoms with Crippen molar-refractivity contribution < 1.29 is 18.0 Å². The molecule has 1 heterocycles. The van der Waals surface area contributed by atoms with Crippen LogP contribution < -0.4 is 5.73 Å². The van der Waals surface area contributed by atoms with Gasteiger partial charge in [0.05, 0.1) is 12.0 Å². The van der Waals surface area contributed by atoms with Crippen molar-refractivity contribution in [2.24, 2.45) is 17.6 Å². The molecule has 2 fully saturated rings. The van der Waals surface area contributed by atoms with Crippen molar-refractivity contribution in [3.05, 3.63) is 35.4 Å². The van der Waals surface area contributed by atoms with Gasteiger partial charge in [0.25, 0.3) is 0 Å². The van der Waals surface area contributed by atoms with Crippen LogP contribution >= 0.6 is 0 Å². The van der Waals surface area contributed by atoms with E-state index in [1.165, 1.54) is 6.07 Å². The monoisotopic (exact) mass is 312 g/mol. The van der Waals surface area contributed by atoms with Crippen LogP contribution in [0.25, 0.3) is 0 Å². The second-order valence-electron chi connectivity index (χ2n) is 6.34. The van der Waals surface area contributed by atoms with Gasteiger partial charge in [-0.3, -0.25) is 4.79 Å². The summed E-state index contributed by atoms with van der Waals surface area (Å²) in [6.07, 6.45) is -2.32. The van der Waals surface area contributed by atoms with Gasteiger partial charge in [0, 0.05) is 19.1 Å². The number of carbonyl (C=O) groups excluding carboxylic acids is 1. The number of likely N-dealkylation sites (tertiary alicyclic amines) is 1. The topological polar surface area (TPSA) is 46.3 Å². The number of fused-ring (bicyclic) bond motifs is 1. The molecule has 6 heteroatoms. The van der Waals surface area contributed by atoms with Crippen molar-refractivity contribution >= 4 is 5.91 Å². The third kappa shape index (κ3) is 2.97. The molecule has 3 rings (SSSR count). The zero-order chi connectivity index (χ0) is 15.9.